The van der Waals surface area contributed by atoms with Gasteiger partial charge in [0.05, 0.1) is 19.3 Å². The lowest BCUT2D eigenvalue weighted by atomic mass is 9.78. The highest BCUT2D eigenvalue weighted by atomic mass is 16.6. The number of benzene rings is 2. The van der Waals surface area contributed by atoms with Crippen molar-refractivity contribution < 1.29 is 54.5 Å². The summed E-state index contributed by atoms with van der Waals surface area (Å²) in [7, 11) is 0. The van der Waals surface area contributed by atoms with E-state index in [4.69, 9.17) is 9.47 Å². The molecule has 1 fully saturated rings. The zero-order valence-corrected chi connectivity index (χ0v) is 25.8. The number of hydrogen-bond donors (Lipinski definition) is 8. The van der Waals surface area contributed by atoms with E-state index < -0.39 is 72.9 Å². The van der Waals surface area contributed by atoms with Gasteiger partial charge in [0.15, 0.2) is 11.5 Å². The van der Waals surface area contributed by atoms with E-state index in [9.17, 15) is 45.0 Å². The molecule has 8 N–H and O–H groups in total. The van der Waals surface area contributed by atoms with Crippen LogP contribution in [0.5, 0.6) is 17.2 Å². The number of phenolic OH excluding ortho intramolecular Hbond substituents is 2. The number of carbonyl (C=O) groups is 3. The highest BCUT2D eigenvalue weighted by molar-refractivity contribution is 5.98. The first kappa shape index (κ1) is 36.3. The minimum atomic E-state index is -2.36. The number of amides is 2. The van der Waals surface area contributed by atoms with E-state index in [0.29, 0.717) is 23.6 Å². The molecule has 5 atom stereocenters. The van der Waals surface area contributed by atoms with Crippen LogP contribution in [-0.2, 0) is 19.1 Å². The van der Waals surface area contributed by atoms with E-state index in [1.807, 2.05) is 0 Å². The summed E-state index contributed by atoms with van der Waals surface area (Å²) in [4.78, 5) is 38.3. The van der Waals surface area contributed by atoms with Gasteiger partial charge in [-0.1, -0.05) is 45.1 Å². The van der Waals surface area contributed by atoms with Crippen LogP contribution in [0.25, 0.3) is 6.08 Å². The molecule has 46 heavy (non-hydrogen) atoms. The summed E-state index contributed by atoms with van der Waals surface area (Å²) in [5, 5.41) is 65.5. The Bertz CT molecular complexity index is 1330. The van der Waals surface area contributed by atoms with Crippen LogP contribution in [0.1, 0.15) is 63.9 Å². The van der Waals surface area contributed by atoms with E-state index in [1.165, 1.54) is 50.0 Å². The van der Waals surface area contributed by atoms with E-state index in [-0.39, 0.29) is 5.75 Å². The van der Waals surface area contributed by atoms with Crippen LogP contribution < -0.4 is 15.4 Å². The third-order valence-corrected chi connectivity index (χ3v) is 7.66. The van der Waals surface area contributed by atoms with Crippen molar-refractivity contribution in [3.05, 3.63) is 54.1 Å². The predicted octanol–water partition coefficient (Wildman–Crippen LogP) is 2.12. The van der Waals surface area contributed by atoms with Crippen LogP contribution in [0, 0.1) is 0 Å². The molecule has 13 nitrogen and oxygen atoms in total. The van der Waals surface area contributed by atoms with Crippen LogP contribution in [0.4, 0.5) is 5.69 Å². The molecule has 0 spiro atoms. The van der Waals surface area contributed by atoms with Crippen LogP contribution in [0.15, 0.2) is 48.5 Å². The van der Waals surface area contributed by atoms with Crippen molar-refractivity contribution in [2.45, 2.75) is 88.2 Å². The molecule has 2 aromatic carbocycles. The van der Waals surface area contributed by atoms with Crippen molar-refractivity contribution >= 4 is 29.5 Å². The number of anilines is 1. The lowest BCUT2D eigenvalue weighted by Gasteiger charge is -2.40. The lowest BCUT2D eigenvalue weighted by molar-refractivity contribution is -0.187. The Labute approximate surface area is 267 Å². The van der Waals surface area contributed by atoms with Gasteiger partial charge in [0.25, 0.3) is 5.91 Å². The number of carbonyl (C=O) groups excluding carboxylic acids is 3. The summed E-state index contributed by atoms with van der Waals surface area (Å²) in [6.07, 6.45) is 3.03. The molecule has 3 rings (SSSR count). The Kier molecular flexibility index (Phi) is 13.8. The summed E-state index contributed by atoms with van der Waals surface area (Å²) >= 11 is 0. The zero-order chi connectivity index (χ0) is 33.7. The van der Waals surface area contributed by atoms with Gasteiger partial charge in [-0.25, -0.2) is 4.79 Å². The summed E-state index contributed by atoms with van der Waals surface area (Å²) in [6, 6.07) is 8.92. The smallest absolute Gasteiger partial charge is 0.331 e. The van der Waals surface area contributed by atoms with Gasteiger partial charge in [0.2, 0.25) is 5.91 Å². The second-order valence-corrected chi connectivity index (χ2v) is 11.4. The molecule has 2 unspecified atom stereocenters. The van der Waals surface area contributed by atoms with Gasteiger partial charge in [-0.2, -0.15) is 0 Å². The first-order valence-corrected chi connectivity index (χ1v) is 15.4. The number of aromatic hydroxyl groups is 2. The van der Waals surface area contributed by atoms with Crippen molar-refractivity contribution in [1.82, 2.24) is 5.32 Å². The summed E-state index contributed by atoms with van der Waals surface area (Å²) in [5.74, 6) is -3.01. The average Bonchev–Trinajstić information content (AvgIpc) is 3.03. The van der Waals surface area contributed by atoms with Crippen molar-refractivity contribution in [1.29, 1.82) is 0 Å². The Morgan fingerprint density at radius 1 is 0.978 bits per heavy atom. The number of aliphatic hydroxyl groups is 4. The van der Waals surface area contributed by atoms with E-state index in [0.717, 1.165) is 18.9 Å². The fourth-order valence-electron chi connectivity index (χ4n) is 4.97. The second kappa shape index (κ2) is 17.5. The highest BCUT2D eigenvalue weighted by Crippen LogP contribution is 2.32. The van der Waals surface area contributed by atoms with Gasteiger partial charge in [-0.15, -0.1) is 0 Å². The summed E-state index contributed by atoms with van der Waals surface area (Å²) in [6.45, 7) is 1.94. The third kappa shape index (κ3) is 10.7. The molecule has 0 heterocycles. The van der Waals surface area contributed by atoms with Gasteiger partial charge in [-0.05, 0) is 54.5 Å². The Balaban J connectivity index is 1.53. The normalized spacial score (nSPS) is 21.8. The molecule has 2 aromatic rings. The predicted molar refractivity (Wildman–Crippen MR) is 168 cm³/mol. The largest absolute Gasteiger partial charge is 0.504 e. The monoisotopic (exact) mass is 644 g/mol. The van der Waals surface area contributed by atoms with Crippen molar-refractivity contribution in [2.24, 2.45) is 0 Å². The summed E-state index contributed by atoms with van der Waals surface area (Å²) in [5.41, 5.74) is -1.64. The average molecular weight is 645 g/mol. The number of aliphatic hydroxyl groups excluding tert-OH is 3. The van der Waals surface area contributed by atoms with Gasteiger partial charge in [0.1, 0.15) is 29.6 Å². The molecule has 0 bridgehead atoms. The first-order chi connectivity index (χ1) is 21.9. The fourth-order valence-corrected chi connectivity index (χ4v) is 4.97. The standard InChI is InChI=1S/C33H44N2O11/c1-2-3-4-5-6-7-16-45-23-12-10-22(11-13-23)34-31(42)24(20-36)35-32(43)33(44)18-27(39)30(41)28(19-33)46-29(40)15-9-21-8-14-25(37)26(38)17-21/h8-15,17,24,27-28,30,36-39,41,44H,2-7,16,18-20H2,1H3,(H,34,42)(H,35,43)/b15-9+/t24?,27-,28-,30?,33+/m1/s1. The molecule has 2 amide bonds. The van der Waals surface area contributed by atoms with Crippen LogP contribution in [-0.4, -0.2) is 91.6 Å². The third-order valence-electron chi connectivity index (χ3n) is 7.66. The number of rotatable bonds is 16. The van der Waals surface area contributed by atoms with Gasteiger partial charge < -0.3 is 50.7 Å². The van der Waals surface area contributed by atoms with Crippen LogP contribution >= 0.6 is 0 Å². The molecular formula is C33H44N2O11. The maximum atomic E-state index is 13.1. The quantitative estimate of drug-likeness (QED) is 0.0573. The molecule has 0 aromatic heterocycles. The molecule has 0 aliphatic heterocycles. The maximum absolute atomic E-state index is 13.1. The Hall–Kier alpha value is -4.17. The first-order valence-electron chi connectivity index (χ1n) is 15.4. The molecular weight excluding hydrogens is 600 g/mol. The van der Waals surface area contributed by atoms with Crippen LogP contribution in [0.2, 0.25) is 0 Å². The van der Waals surface area contributed by atoms with Crippen molar-refractivity contribution in [2.75, 3.05) is 18.5 Å². The molecule has 1 aliphatic carbocycles. The Morgan fingerprint density at radius 2 is 1.67 bits per heavy atom. The molecule has 13 heteroatoms. The Morgan fingerprint density at radius 3 is 2.35 bits per heavy atom. The number of esters is 1. The maximum Gasteiger partial charge on any atom is 0.331 e. The number of phenols is 2. The lowest BCUT2D eigenvalue weighted by Crippen LogP contribution is -2.62. The van der Waals surface area contributed by atoms with Crippen molar-refractivity contribution in [3.8, 4) is 17.2 Å². The minimum Gasteiger partial charge on any atom is -0.504 e. The number of hydrogen-bond acceptors (Lipinski definition) is 11. The van der Waals surface area contributed by atoms with Gasteiger partial charge in [0, 0.05) is 24.6 Å². The SMILES string of the molecule is CCCCCCCCOc1ccc(NC(=O)C(CO)NC(=O)[C@]2(O)C[C@@H](O)C(O)[C@H](OC(=O)/C=C/c3ccc(O)c(O)c3)C2)cc1. The molecule has 0 saturated heterocycles. The topological polar surface area (TPSA) is 215 Å². The molecule has 1 aliphatic rings. The summed E-state index contributed by atoms with van der Waals surface area (Å²) < 4.78 is 10.9. The van der Waals surface area contributed by atoms with Crippen molar-refractivity contribution in [3.63, 3.8) is 0 Å². The second-order valence-electron chi connectivity index (χ2n) is 11.4. The fraction of sp³-hybridized carbons (Fsp3) is 0.485. The van der Waals surface area contributed by atoms with E-state index in [2.05, 4.69) is 17.6 Å². The van der Waals surface area contributed by atoms with Gasteiger partial charge >= 0.3 is 5.97 Å². The number of ether oxygens (including phenoxy) is 2. The zero-order valence-electron chi connectivity index (χ0n) is 25.8. The molecule has 252 valence electrons. The van der Waals surface area contributed by atoms with Gasteiger partial charge in [-0.3, -0.25) is 9.59 Å². The van der Waals surface area contributed by atoms with Crippen LogP contribution in [0.3, 0.4) is 0 Å². The minimum absolute atomic E-state index is 0.341. The molecule has 1 saturated carbocycles. The van der Waals surface area contributed by atoms with E-state index in [1.54, 1.807) is 24.3 Å². The highest BCUT2D eigenvalue weighted by Gasteiger charge is 2.50. The number of unbranched alkanes of at least 4 members (excludes halogenated alkanes) is 5. The number of nitrogens with one attached hydrogen (secondary N) is 2. The van der Waals surface area contributed by atoms with E-state index >= 15 is 0 Å². The molecule has 0 radical (unpaired) electrons.